The predicted molar refractivity (Wildman–Crippen MR) is 167 cm³/mol. The number of thioether (sulfide) groups is 1. The highest BCUT2D eigenvalue weighted by molar-refractivity contribution is 8.00. The highest BCUT2D eigenvalue weighted by Gasteiger charge is 2.41. The Bertz CT molecular complexity index is 1460. The number of nitrogens with one attached hydrogen (secondary N) is 1. The molecule has 0 bridgehead atoms. The van der Waals surface area contributed by atoms with Crippen LogP contribution in [0, 0.1) is 0 Å². The van der Waals surface area contributed by atoms with E-state index in [2.05, 4.69) is 26.1 Å². The van der Waals surface area contributed by atoms with Crippen molar-refractivity contribution in [2.75, 3.05) is 51.7 Å². The molecule has 10 nitrogen and oxygen atoms in total. The molecule has 43 heavy (non-hydrogen) atoms. The Kier molecular flexibility index (Phi) is 9.22. The Morgan fingerprint density at radius 1 is 1.07 bits per heavy atom. The molecular weight excluding hydrogens is 568 g/mol. The van der Waals surface area contributed by atoms with Gasteiger partial charge in [-0.2, -0.15) is 5.10 Å². The first-order valence-electron chi connectivity index (χ1n) is 14.4. The Labute approximate surface area is 257 Å². The number of rotatable bonds is 9. The third-order valence-electron chi connectivity index (χ3n) is 7.69. The van der Waals surface area contributed by atoms with E-state index in [4.69, 9.17) is 24.0 Å². The minimum Gasteiger partial charge on any atom is -0.497 e. The van der Waals surface area contributed by atoms with Gasteiger partial charge in [-0.15, -0.1) is 11.8 Å². The molecule has 1 N–H and O–H groups in total. The average Bonchev–Trinajstić information content (AvgIpc) is 3.65. The second kappa shape index (κ2) is 12.9. The number of anilines is 1. The van der Waals surface area contributed by atoms with E-state index in [-0.39, 0.29) is 35.5 Å². The van der Waals surface area contributed by atoms with E-state index in [0.717, 1.165) is 35.3 Å². The molecule has 2 aliphatic heterocycles. The van der Waals surface area contributed by atoms with Gasteiger partial charge in [0, 0.05) is 29.7 Å². The van der Waals surface area contributed by atoms with Crippen molar-refractivity contribution < 1.29 is 28.5 Å². The van der Waals surface area contributed by atoms with Gasteiger partial charge < -0.3 is 24.3 Å². The topological polar surface area (TPSA) is 104 Å². The van der Waals surface area contributed by atoms with Crippen LogP contribution in [0.4, 0.5) is 5.82 Å². The van der Waals surface area contributed by atoms with Crippen molar-refractivity contribution in [2.24, 2.45) is 0 Å². The van der Waals surface area contributed by atoms with E-state index in [1.54, 1.807) is 30.9 Å². The van der Waals surface area contributed by atoms with Crippen LogP contribution >= 0.6 is 11.8 Å². The molecule has 1 aromatic heterocycles. The van der Waals surface area contributed by atoms with Gasteiger partial charge in [0.1, 0.15) is 29.6 Å². The number of hydrogen-bond donors (Lipinski definition) is 1. The normalized spacial score (nSPS) is 18.7. The summed E-state index contributed by atoms with van der Waals surface area (Å²) in [5.41, 5.74) is 2.89. The lowest BCUT2D eigenvalue weighted by Crippen LogP contribution is -2.44. The van der Waals surface area contributed by atoms with Crippen molar-refractivity contribution in [1.29, 1.82) is 0 Å². The molecule has 2 amide bonds. The van der Waals surface area contributed by atoms with E-state index < -0.39 is 5.41 Å². The summed E-state index contributed by atoms with van der Waals surface area (Å²) in [5, 5.41) is 7.81. The molecule has 0 unspecified atom stereocenters. The summed E-state index contributed by atoms with van der Waals surface area (Å²) in [4.78, 5) is 28.9. The second-order valence-electron chi connectivity index (χ2n) is 11.7. The molecule has 0 saturated carbocycles. The molecule has 0 spiro atoms. The van der Waals surface area contributed by atoms with Crippen LogP contribution in [0.3, 0.4) is 0 Å². The number of carbonyl (C=O) groups is 2. The van der Waals surface area contributed by atoms with Gasteiger partial charge in [0.05, 0.1) is 49.8 Å². The fraction of sp³-hybridized carbons (Fsp3) is 0.469. The van der Waals surface area contributed by atoms with Gasteiger partial charge in [-0.05, 0) is 55.3 Å². The second-order valence-corrected chi connectivity index (χ2v) is 12.8. The number of benzene rings is 2. The van der Waals surface area contributed by atoms with Gasteiger partial charge in [0.25, 0.3) is 0 Å². The maximum absolute atomic E-state index is 14.0. The van der Waals surface area contributed by atoms with Crippen LogP contribution in [-0.2, 0) is 19.7 Å². The molecule has 0 radical (unpaired) electrons. The van der Waals surface area contributed by atoms with Gasteiger partial charge in [0.2, 0.25) is 11.8 Å². The maximum atomic E-state index is 14.0. The minimum atomic E-state index is -0.395. The molecule has 5 rings (SSSR count). The van der Waals surface area contributed by atoms with Crippen LogP contribution in [0.25, 0.3) is 5.69 Å². The first-order chi connectivity index (χ1) is 20.6. The van der Waals surface area contributed by atoms with Gasteiger partial charge in [-0.25, -0.2) is 4.68 Å². The molecule has 1 fully saturated rings. The summed E-state index contributed by atoms with van der Waals surface area (Å²) in [6.07, 6.45) is 1.89. The standard InChI is InChI=1S/C32H40N4O6S/c1-32(2,3)30-28-29(24-16-22(40-5)13-14-25(24)41-6)43-19-27(38)35(18-26(37)33-17-23-8-7-15-42-23)31(28)36(34-30)20-9-11-21(39-4)12-10-20/h9-14,16,23,29H,7-8,15,17-19H2,1-6H3,(H,33,37)/t23-,29+/m0/s1. The monoisotopic (exact) mass is 608 g/mol. The summed E-state index contributed by atoms with van der Waals surface area (Å²) in [6, 6.07) is 13.2. The largest absolute Gasteiger partial charge is 0.497 e. The zero-order chi connectivity index (χ0) is 30.7. The number of hydrogen-bond acceptors (Lipinski definition) is 8. The summed E-state index contributed by atoms with van der Waals surface area (Å²) in [5.74, 6) is 2.34. The van der Waals surface area contributed by atoms with Crippen molar-refractivity contribution in [1.82, 2.24) is 15.1 Å². The highest BCUT2D eigenvalue weighted by Crippen LogP contribution is 2.51. The predicted octanol–water partition coefficient (Wildman–Crippen LogP) is 4.66. The quantitative estimate of drug-likeness (QED) is 0.374. The first kappa shape index (κ1) is 30.7. The molecule has 1 saturated heterocycles. The Hall–Kier alpha value is -3.70. The molecule has 230 valence electrons. The molecule has 3 heterocycles. The van der Waals surface area contributed by atoms with Crippen LogP contribution in [0.5, 0.6) is 17.2 Å². The number of aromatic nitrogens is 2. The van der Waals surface area contributed by atoms with Crippen LogP contribution in [0.15, 0.2) is 42.5 Å². The fourth-order valence-electron chi connectivity index (χ4n) is 5.50. The maximum Gasteiger partial charge on any atom is 0.240 e. The van der Waals surface area contributed by atoms with Gasteiger partial charge in [-0.3, -0.25) is 14.5 Å². The third kappa shape index (κ3) is 6.47. The van der Waals surface area contributed by atoms with Crippen molar-refractivity contribution in [3.05, 3.63) is 59.3 Å². The molecular formula is C32H40N4O6S. The molecule has 2 atom stereocenters. The Morgan fingerprint density at radius 3 is 2.42 bits per heavy atom. The van der Waals surface area contributed by atoms with Crippen LogP contribution in [0.2, 0.25) is 0 Å². The summed E-state index contributed by atoms with van der Waals surface area (Å²) < 4.78 is 24.3. The molecule has 11 heteroatoms. The van der Waals surface area contributed by atoms with Crippen molar-refractivity contribution in [2.45, 2.75) is 50.4 Å². The van der Waals surface area contributed by atoms with E-state index in [1.807, 2.05) is 42.5 Å². The van der Waals surface area contributed by atoms with Crippen LogP contribution in [0.1, 0.15) is 55.7 Å². The van der Waals surface area contributed by atoms with Crippen molar-refractivity contribution in [3.8, 4) is 22.9 Å². The zero-order valence-electron chi connectivity index (χ0n) is 25.6. The number of ether oxygens (including phenoxy) is 4. The van der Waals surface area contributed by atoms with Gasteiger partial charge >= 0.3 is 0 Å². The highest BCUT2D eigenvalue weighted by atomic mass is 32.2. The van der Waals surface area contributed by atoms with Gasteiger partial charge in [0.15, 0.2) is 0 Å². The van der Waals surface area contributed by atoms with E-state index in [9.17, 15) is 9.59 Å². The average molecular weight is 609 g/mol. The summed E-state index contributed by atoms with van der Waals surface area (Å²) >= 11 is 1.49. The number of carbonyl (C=O) groups excluding carboxylic acids is 2. The van der Waals surface area contributed by atoms with Crippen LogP contribution < -0.4 is 24.4 Å². The van der Waals surface area contributed by atoms with Gasteiger partial charge in [-0.1, -0.05) is 20.8 Å². The number of amides is 2. The molecule has 2 aromatic carbocycles. The summed E-state index contributed by atoms with van der Waals surface area (Å²) in [7, 11) is 4.88. The smallest absolute Gasteiger partial charge is 0.240 e. The SMILES string of the molecule is COc1ccc(-n2nc(C(C)(C)C)c3c2N(CC(=O)NC[C@@H]2CCCO2)C(=O)CS[C@@H]3c2cc(OC)ccc2OC)cc1. The number of nitrogens with zero attached hydrogens (tertiary/aromatic N) is 3. The van der Waals surface area contributed by atoms with E-state index in [0.29, 0.717) is 36.2 Å². The lowest BCUT2D eigenvalue weighted by Gasteiger charge is -2.25. The third-order valence-corrected chi connectivity index (χ3v) is 8.92. The lowest BCUT2D eigenvalue weighted by molar-refractivity contribution is -0.123. The minimum absolute atomic E-state index is 0.00266. The lowest BCUT2D eigenvalue weighted by atomic mass is 9.87. The summed E-state index contributed by atoms with van der Waals surface area (Å²) in [6.45, 7) is 7.28. The molecule has 3 aromatic rings. The zero-order valence-corrected chi connectivity index (χ0v) is 26.5. The fourth-order valence-corrected chi connectivity index (χ4v) is 6.71. The Balaban J connectivity index is 1.69. The molecule has 0 aliphatic carbocycles. The van der Waals surface area contributed by atoms with E-state index >= 15 is 0 Å². The molecule has 2 aliphatic rings. The first-order valence-corrected chi connectivity index (χ1v) is 15.5. The number of methoxy groups -OCH3 is 3. The van der Waals surface area contributed by atoms with Crippen LogP contribution in [-0.4, -0.2) is 74.5 Å². The van der Waals surface area contributed by atoms with Crippen molar-refractivity contribution in [3.63, 3.8) is 0 Å². The van der Waals surface area contributed by atoms with Crippen molar-refractivity contribution >= 4 is 29.4 Å². The number of fused-ring (bicyclic) bond motifs is 1. The Morgan fingerprint density at radius 2 is 1.79 bits per heavy atom. The van der Waals surface area contributed by atoms with E-state index in [1.165, 1.54) is 11.8 Å².